The Labute approximate surface area is 145 Å². The van der Waals surface area contributed by atoms with E-state index in [-0.39, 0.29) is 11.5 Å². The number of carbonyl (C=O) groups is 1. The summed E-state index contributed by atoms with van der Waals surface area (Å²) in [5, 5.41) is 0.790. The van der Waals surface area contributed by atoms with Gasteiger partial charge in [-0.15, -0.1) is 0 Å². The number of ketones is 1. The van der Waals surface area contributed by atoms with Crippen molar-refractivity contribution in [2.45, 2.75) is 19.3 Å². The maximum Gasteiger partial charge on any atom is 0.306 e. The van der Waals surface area contributed by atoms with Gasteiger partial charge in [-0.2, -0.15) is 8.42 Å². The lowest BCUT2D eigenvalue weighted by molar-refractivity contribution is 0.102. The van der Waals surface area contributed by atoms with Crippen molar-refractivity contribution in [2.75, 3.05) is 6.26 Å². The third-order valence-corrected chi connectivity index (χ3v) is 5.04. The van der Waals surface area contributed by atoms with Crippen molar-refractivity contribution in [3.63, 3.8) is 0 Å². The number of hydrogen-bond acceptors (Lipinski definition) is 5. The first-order valence-electron chi connectivity index (χ1n) is 7.79. The smallest absolute Gasteiger partial charge is 0.306 e. The predicted molar refractivity (Wildman–Crippen MR) is 93.7 cm³/mol. The molecule has 0 bridgehead atoms. The minimum Gasteiger partial charge on any atom is -0.459 e. The molecule has 0 atom stereocenters. The van der Waals surface area contributed by atoms with Crippen molar-refractivity contribution < 1.29 is 21.8 Å². The SMILES string of the molecule is CC1(C)c2cc(OS(C)(=O)=O)ccc2C(=O)c2c1oc1ccccc21. The molecule has 2 aromatic carbocycles. The van der Waals surface area contributed by atoms with E-state index in [9.17, 15) is 13.2 Å². The van der Waals surface area contributed by atoms with E-state index < -0.39 is 15.5 Å². The first-order valence-corrected chi connectivity index (χ1v) is 9.61. The molecule has 1 aliphatic carbocycles. The Kier molecular flexibility index (Phi) is 3.15. The molecule has 0 unspecified atom stereocenters. The average Bonchev–Trinajstić information content (AvgIpc) is 2.92. The van der Waals surface area contributed by atoms with E-state index >= 15 is 0 Å². The third-order valence-electron chi connectivity index (χ3n) is 4.55. The fourth-order valence-electron chi connectivity index (χ4n) is 3.43. The highest BCUT2D eigenvalue weighted by atomic mass is 32.2. The van der Waals surface area contributed by atoms with E-state index in [0.29, 0.717) is 28.0 Å². The summed E-state index contributed by atoms with van der Waals surface area (Å²) in [7, 11) is -3.64. The summed E-state index contributed by atoms with van der Waals surface area (Å²) in [5.41, 5.74) is 1.85. The van der Waals surface area contributed by atoms with E-state index in [4.69, 9.17) is 8.60 Å². The molecule has 0 radical (unpaired) electrons. The average molecular weight is 356 g/mol. The van der Waals surface area contributed by atoms with Gasteiger partial charge < -0.3 is 8.60 Å². The van der Waals surface area contributed by atoms with Crippen molar-refractivity contribution in [3.05, 3.63) is 64.9 Å². The molecule has 0 fully saturated rings. The summed E-state index contributed by atoms with van der Waals surface area (Å²) in [6, 6.07) is 12.2. The van der Waals surface area contributed by atoms with Crippen LogP contribution in [0.1, 0.15) is 41.1 Å². The second-order valence-corrected chi connectivity index (χ2v) is 8.33. The zero-order valence-corrected chi connectivity index (χ0v) is 14.8. The first-order chi connectivity index (χ1) is 11.7. The molecule has 1 aromatic heterocycles. The first kappa shape index (κ1) is 15.9. The van der Waals surface area contributed by atoms with E-state index in [1.807, 2.05) is 38.1 Å². The highest BCUT2D eigenvalue weighted by Crippen LogP contribution is 2.46. The van der Waals surface area contributed by atoms with Crippen LogP contribution in [0.15, 0.2) is 46.9 Å². The second-order valence-electron chi connectivity index (χ2n) is 6.75. The van der Waals surface area contributed by atoms with Gasteiger partial charge in [0.05, 0.1) is 11.8 Å². The number of furan rings is 1. The van der Waals surface area contributed by atoms with Gasteiger partial charge in [0.1, 0.15) is 17.1 Å². The molecule has 0 spiro atoms. The van der Waals surface area contributed by atoms with Crippen LogP contribution in [0.4, 0.5) is 0 Å². The van der Waals surface area contributed by atoms with Crippen molar-refractivity contribution in [1.82, 2.24) is 0 Å². The van der Waals surface area contributed by atoms with Gasteiger partial charge in [-0.3, -0.25) is 4.79 Å². The van der Waals surface area contributed by atoms with Crippen molar-refractivity contribution in [3.8, 4) is 5.75 Å². The molecule has 0 aliphatic heterocycles. The van der Waals surface area contributed by atoms with Crippen LogP contribution >= 0.6 is 0 Å². The summed E-state index contributed by atoms with van der Waals surface area (Å²) in [4.78, 5) is 13.0. The van der Waals surface area contributed by atoms with Gasteiger partial charge >= 0.3 is 10.1 Å². The molecule has 0 N–H and O–H groups in total. The number of benzene rings is 2. The Morgan fingerprint density at radius 3 is 2.52 bits per heavy atom. The molecule has 1 heterocycles. The van der Waals surface area contributed by atoms with Gasteiger partial charge in [-0.25, -0.2) is 0 Å². The molecule has 3 aromatic rings. The topological polar surface area (TPSA) is 73.6 Å². The predicted octanol–water partition coefficient (Wildman–Crippen LogP) is 3.64. The van der Waals surface area contributed by atoms with Gasteiger partial charge in [-0.1, -0.05) is 18.2 Å². The Balaban J connectivity index is 1.97. The molecule has 0 saturated heterocycles. The molecule has 128 valence electrons. The Hall–Kier alpha value is -2.60. The minimum atomic E-state index is -3.64. The Morgan fingerprint density at radius 2 is 1.80 bits per heavy atom. The van der Waals surface area contributed by atoms with Crippen molar-refractivity contribution in [1.29, 1.82) is 0 Å². The van der Waals surface area contributed by atoms with Crippen molar-refractivity contribution in [2.24, 2.45) is 0 Å². The molecule has 6 heteroatoms. The lowest BCUT2D eigenvalue weighted by Crippen LogP contribution is -2.29. The fraction of sp³-hybridized carbons (Fsp3) is 0.211. The molecule has 0 amide bonds. The van der Waals surface area contributed by atoms with Crippen LogP contribution in [-0.2, 0) is 15.5 Å². The van der Waals surface area contributed by atoms with Crippen LogP contribution in [0, 0.1) is 0 Å². The van der Waals surface area contributed by atoms with Crippen LogP contribution in [-0.4, -0.2) is 20.5 Å². The zero-order valence-electron chi connectivity index (χ0n) is 14.0. The van der Waals surface area contributed by atoms with E-state index in [1.54, 1.807) is 12.1 Å². The Bertz CT molecular complexity index is 1140. The highest BCUT2D eigenvalue weighted by Gasteiger charge is 2.41. The largest absolute Gasteiger partial charge is 0.459 e. The molecule has 4 rings (SSSR count). The third kappa shape index (κ3) is 2.36. The van der Waals surface area contributed by atoms with E-state index in [1.165, 1.54) is 6.07 Å². The standard InChI is InChI=1S/C19H16O5S/c1-19(2)14-10-11(24-25(3,21)22)8-9-12(14)17(20)16-13-6-4-5-7-15(13)23-18(16)19/h4-10H,1-3H3. The van der Waals surface area contributed by atoms with Gasteiger partial charge in [-0.05, 0) is 43.7 Å². The number of para-hydroxylation sites is 1. The maximum absolute atomic E-state index is 13.0. The number of hydrogen-bond donors (Lipinski definition) is 0. The maximum atomic E-state index is 13.0. The van der Waals surface area contributed by atoms with Gasteiger partial charge in [0, 0.05) is 16.4 Å². The molecular weight excluding hydrogens is 340 g/mol. The number of rotatable bonds is 2. The van der Waals surface area contributed by atoms with Crippen molar-refractivity contribution >= 4 is 26.9 Å². The van der Waals surface area contributed by atoms with Crippen LogP contribution in [0.25, 0.3) is 11.0 Å². The fourth-order valence-corrected chi connectivity index (χ4v) is 3.89. The van der Waals surface area contributed by atoms with Crippen LogP contribution in [0.5, 0.6) is 5.75 Å². The Morgan fingerprint density at radius 1 is 1.08 bits per heavy atom. The summed E-state index contributed by atoms with van der Waals surface area (Å²) in [6.45, 7) is 3.90. The van der Waals surface area contributed by atoms with Gasteiger partial charge in [0.25, 0.3) is 0 Å². The highest BCUT2D eigenvalue weighted by molar-refractivity contribution is 7.86. The van der Waals surface area contributed by atoms with Crippen LogP contribution in [0.2, 0.25) is 0 Å². The summed E-state index contributed by atoms with van der Waals surface area (Å²) < 4.78 is 33.8. The van der Waals surface area contributed by atoms with E-state index in [0.717, 1.165) is 11.6 Å². The van der Waals surface area contributed by atoms with Crippen LogP contribution < -0.4 is 4.18 Å². The summed E-state index contributed by atoms with van der Waals surface area (Å²) in [6.07, 6.45) is 0.986. The lowest BCUT2D eigenvalue weighted by atomic mass is 9.72. The summed E-state index contributed by atoms with van der Waals surface area (Å²) >= 11 is 0. The van der Waals surface area contributed by atoms with Gasteiger partial charge in [0.15, 0.2) is 5.78 Å². The quantitative estimate of drug-likeness (QED) is 0.656. The molecule has 5 nitrogen and oxygen atoms in total. The second kappa shape index (κ2) is 4.95. The van der Waals surface area contributed by atoms with Gasteiger partial charge in [0.2, 0.25) is 0 Å². The summed E-state index contributed by atoms with van der Waals surface area (Å²) in [5.74, 6) is 0.643. The zero-order chi connectivity index (χ0) is 18.0. The monoisotopic (exact) mass is 356 g/mol. The molecule has 25 heavy (non-hydrogen) atoms. The minimum absolute atomic E-state index is 0.125. The number of fused-ring (bicyclic) bond motifs is 4. The molecule has 0 saturated carbocycles. The normalized spacial score (nSPS) is 15.7. The van der Waals surface area contributed by atoms with E-state index in [2.05, 4.69) is 0 Å². The number of carbonyl (C=O) groups excluding carboxylic acids is 1. The van der Waals surface area contributed by atoms with Crippen LogP contribution in [0.3, 0.4) is 0 Å². The molecule has 1 aliphatic rings. The lowest BCUT2D eigenvalue weighted by Gasteiger charge is -2.30. The molecular formula is C19H16O5S.